The molecule has 2 aromatic rings. The smallest absolute Gasteiger partial charge is 0.239 e. The highest BCUT2D eigenvalue weighted by Crippen LogP contribution is 2.36. The van der Waals surface area contributed by atoms with Gasteiger partial charge in [-0.05, 0) is 41.0 Å². The van der Waals surface area contributed by atoms with Crippen molar-refractivity contribution in [2.24, 2.45) is 5.73 Å². The second-order valence-electron chi connectivity index (χ2n) is 5.60. The average Bonchev–Trinajstić information content (AvgIpc) is 2.56. The Morgan fingerprint density at radius 3 is 2.74 bits per heavy atom. The predicted molar refractivity (Wildman–Crippen MR) is 91.7 cm³/mol. The number of rotatable bonds is 5. The van der Waals surface area contributed by atoms with Crippen LogP contribution in [-0.2, 0) is 11.2 Å². The maximum atomic E-state index is 13.1. The van der Waals surface area contributed by atoms with Crippen molar-refractivity contribution < 1.29 is 9.18 Å². The fraction of sp³-hybridized carbons (Fsp3) is 0.278. The second-order valence-corrected chi connectivity index (χ2v) is 6.91. The van der Waals surface area contributed by atoms with Crippen LogP contribution in [-0.4, -0.2) is 18.2 Å². The molecule has 5 heteroatoms. The van der Waals surface area contributed by atoms with Gasteiger partial charge in [0.2, 0.25) is 5.91 Å². The molecule has 0 bridgehead atoms. The third-order valence-corrected chi connectivity index (χ3v) is 5.35. The Bertz CT molecular complexity index is 690. The number of carbonyl (C=O) groups excluding carboxylic acids is 1. The molecule has 2 unspecified atom stereocenters. The van der Waals surface area contributed by atoms with Crippen LogP contribution in [0.3, 0.4) is 0 Å². The van der Waals surface area contributed by atoms with E-state index in [4.69, 9.17) is 5.73 Å². The Kier molecular flexibility index (Phi) is 4.98. The summed E-state index contributed by atoms with van der Waals surface area (Å²) in [6.45, 7) is 0.645. The van der Waals surface area contributed by atoms with Crippen molar-refractivity contribution in [1.82, 2.24) is 5.32 Å². The predicted octanol–water partition coefficient (Wildman–Crippen LogP) is 2.97. The molecule has 1 heterocycles. The van der Waals surface area contributed by atoms with Crippen molar-refractivity contribution in [3.05, 3.63) is 71.0 Å². The van der Waals surface area contributed by atoms with Crippen LogP contribution in [0.2, 0.25) is 0 Å². The first-order chi connectivity index (χ1) is 11.1. The van der Waals surface area contributed by atoms with Gasteiger partial charge in [0.25, 0.3) is 0 Å². The van der Waals surface area contributed by atoms with Gasteiger partial charge in [-0.15, -0.1) is 0 Å². The molecular formula is C18H19FN2OS. The number of thioether (sulfide) groups is 1. The van der Waals surface area contributed by atoms with E-state index in [1.165, 1.54) is 23.3 Å². The van der Waals surface area contributed by atoms with Crippen LogP contribution in [0.15, 0.2) is 48.5 Å². The van der Waals surface area contributed by atoms with E-state index >= 15 is 0 Å². The summed E-state index contributed by atoms with van der Waals surface area (Å²) in [7, 11) is 0. The number of primary amides is 1. The van der Waals surface area contributed by atoms with Crippen molar-refractivity contribution in [1.29, 1.82) is 0 Å². The van der Waals surface area contributed by atoms with Gasteiger partial charge in [-0.25, -0.2) is 4.39 Å². The molecular weight excluding hydrogens is 311 g/mol. The lowest BCUT2D eigenvalue weighted by molar-refractivity contribution is -0.120. The maximum absolute atomic E-state index is 13.1. The summed E-state index contributed by atoms with van der Waals surface area (Å²) in [6.07, 6.45) is 1.08. The molecule has 3 rings (SSSR count). The number of halogens is 1. The molecule has 3 nitrogen and oxygen atoms in total. The van der Waals surface area contributed by atoms with E-state index in [0.29, 0.717) is 17.4 Å². The highest BCUT2D eigenvalue weighted by molar-refractivity contribution is 7.99. The third-order valence-electron chi connectivity index (χ3n) is 4.09. The molecule has 0 radical (unpaired) electrons. The Labute approximate surface area is 139 Å². The minimum absolute atomic E-state index is 0.294. The molecule has 1 amide bonds. The first kappa shape index (κ1) is 16.0. The van der Waals surface area contributed by atoms with Crippen molar-refractivity contribution in [3.63, 3.8) is 0 Å². The molecule has 1 aliphatic rings. The molecule has 0 aliphatic carbocycles. The van der Waals surface area contributed by atoms with E-state index in [9.17, 15) is 9.18 Å². The number of amides is 1. The molecule has 120 valence electrons. The number of benzene rings is 2. The molecule has 0 spiro atoms. The van der Waals surface area contributed by atoms with E-state index in [1.54, 1.807) is 12.1 Å². The quantitative estimate of drug-likeness (QED) is 0.886. The van der Waals surface area contributed by atoms with Crippen LogP contribution >= 0.6 is 11.8 Å². The standard InChI is InChI=1S/C18H19FN2OS/c19-14-7-5-13(6-8-14)17(18(20)22)21-11-16-15-4-2-1-3-12(15)9-10-23-16/h1-8,16-17,21H,9-11H2,(H2,20,22). The fourth-order valence-corrected chi connectivity index (χ4v) is 4.15. The van der Waals surface area contributed by atoms with Gasteiger partial charge in [-0.3, -0.25) is 4.79 Å². The number of hydrogen-bond acceptors (Lipinski definition) is 3. The first-order valence-corrected chi connectivity index (χ1v) is 8.67. The van der Waals surface area contributed by atoms with Crippen molar-refractivity contribution >= 4 is 17.7 Å². The van der Waals surface area contributed by atoms with Crippen LogP contribution < -0.4 is 11.1 Å². The summed E-state index contributed by atoms with van der Waals surface area (Å²) in [4.78, 5) is 11.8. The summed E-state index contributed by atoms with van der Waals surface area (Å²) in [5.41, 5.74) is 8.89. The Hall–Kier alpha value is -1.85. The van der Waals surface area contributed by atoms with E-state index in [2.05, 4.69) is 23.5 Å². The molecule has 0 saturated heterocycles. The SMILES string of the molecule is NC(=O)C(NCC1SCCc2ccccc21)c1ccc(F)cc1. The lowest BCUT2D eigenvalue weighted by Crippen LogP contribution is -2.36. The third kappa shape index (κ3) is 3.74. The van der Waals surface area contributed by atoms with Gasteiger partial charge >= 0.3 is 0 Å². The average molecular weight is 330 g/mol. The molecule has 3 N–H and O–H groups in total. The highest BCUT2D eigenvalue weighted by Gasteiger charge is 2.23. The van der Waals surface area contributed by atoms with Crippen molar-refractivity contribution in [2.45, 2.75) is 17.7 Å². The molecule has 1 aliphatic heterocycles. The molecule has 0 fully saturated rings. The second kappa shape index (κ2) is 7.15. The van der Waals surface area contributed by atoms with Gasteiger partial charge in [-0.1, -0.05) is 36.4 Å². The van der Waals surface area contributed by atoms with Crippen LogP contribution in [0.5, 0.6) is 0 Å². The lowest BCUT2D eigenvalue weighted by Gasteiger charge is -2.27. The summed E-state index contributed by atoms with van der Waals surface area (Å²) in [6, 6.07) is 13.7. The maximum Gasteiger partial charge on any atom is 0.239 e. The van der Waals surface area contributed by atoms with Gasteiger partial charge in [0, 0.05) is 11.8 Å². The van der Waals surface area contributed by atoms with E-state index in [-0.39, 0.29) is 5.82 Å². The first-order valence-electron chi connectivity index (χ1n) is 7.62. The fourth-order valence-electron chi connectivity index (χ4n) is 2.91. The minimum Gasteiger partial charge on any atom is -0.368 e. The zero-order valence-electron chi connectivity index (χ0n) is 12.7. The number of nitrogens with one attached hydrogen (secondary N) is 1. The number of aryl methyl sites for hydroxylation is 1. The minimum atomic E-state index is -0.606. The molecule has 0 aromatic heterocycles. The van der Waals surface area contributed by atoms with Gasteiger partial charge < -0.3 is 11.1 Å². The number of nitrogens with two attached hydrogens (primary N) is 1. The Morgan fingerprint density at radius 1 is 1.26 bits per heavy atom. The largest absolute Gasteiger partial charge is 0.368 e. The molecule has 2 aromatic carbocycles. The zero-order valence-corrected chi connectivity index (χ0v) is 13.5. The van der Waals surface area contributed by atoms with Crippen molar-refractivity contribution in [2.75, 3.05) is 12.3 Å². The van der Waals surface area contributed by atoms with E-state index in [0.717, 1.165) is 12.2 Å². The Morgan fingerprint density at radius 2 is 2.00 bits per heavy atom. The molecule has 23 heavy (non-hydrogen) atoms. The van der Waals surface area contributed by atoms with E-state index < -0.39 is 11.9 Å². The summed E-state index contributed by atoms with van der Waals surface area (Å²) in [5.74, 6) is 0.292. The monoisotopic (exact) mass is 330 g/mol. The number of hydrogen-bond donors (Lipinski definition) is 2. The topological polar surface area (TPSA) is 55.1 Å². The van der Waals surface area contributed by atoms with Crippen LogP contribution in [0.25, 0.3) is 0 Å². The summed E-state index contributed by atoms with van der Waals surface area (Å²) >= 11 is 1.88. The van der Waals surface area contributed by atoms with E-state index in [1.807, 2.05) is 17.8 Å². The number of carbonyl (C=O) groups is 1. The van der Waals surface area contributed by atoms with Crippen LogP contribution in [0.4, 0.5) is 4.39 Å². The summed E-state index contributed by atoms with van der Waals surface area (Å²) < 4.78 is 13.1. The van der Waals surface area contributed by atoms with Crippen LogP contribution in [0, 0.1) is 5.82 Å². The Balaban J connectivity index is 1.73. The van der Waals surface area contributed by atoms with Crippen molar-refractivity contribution in [3.8, 4) is 0 Å². The lowest BCUT2D eigenvalue weighted by atomic mass is 10.0. The van der Waals surface area contributed by atoms with Gasteiger partial charge in [0.1, 0.15) is 11.9 Å². The number of fused-ring (bicyclic) bond motifs is 1. The molecule has 2 atom stereocenters. The van der Waals surface area contributed by atoms with Crippen LogP contribution in [0.1, 0.15) is 28.0 Å². The highest BCUT2D eigenvalue weighted by atomic mass is 32.2. The zero-order chi connectivity index (χ0) is 16.2. The normalized spacial score (nSPS) is 18.2. The van der Waals surface area contributed by atoms with Gasteiger partial charge in [0.05, 0.1) is 0 Å². The van der Waals surface area contributed by atoms with Gasteiger partial charge in [0.15, 0.2) is 0 Å². The van der Waals surface area contributed by atoms with Gasteiger partial charge in [-0.2, -0.15) is 11.8 Å². The molecule has 0 saturated carbocycles. The summed E-state index contributed by atoms with van der Waals surface area (Å²) in [5, 5.41) is 3.54.